The number of hydrogen-bond donors (Lipinski definition) is 1. The van der Waals surface area contributed by atoms with E-state index in [-0.39, 0.29) is 17.1 Å². The number of fused-ring (bicyclic) bond motifs is 1. The highest BCUT2D eigenvalue weighted by atomic mass is 32.2. The van der Waals surface area contributed by atoms with Gasteiger partial charge in [-0.1, -0.05) is 13.3 Å². The highest BCUT2D eigenvalue weighted by Crippen LogP contribution is 2.34. The number of sulfonamides is 1. The lowest BCUT2D eigenvalue weighted by atomic mass is 10.0. The number of hydrogen-bond acceptors (Lipinski definition) is 7. The summed E-state index contributed by atoms with van der Waals surface area (Å²) in [5.74, 6) is 0.561. The molecule has 1 fully saturated rings. The van der Waals surface area contributed by atoms with Gasteiger partial charge in [0.05, 0.1) is 22.9 Å². The number of pyridine rings is 1. The maximum Gasteiger partial charge on any atom is 0.256 e. The highest BCUT2D eigenvalue weighted by molar-refractivity contribution is 7.89. The molecule has 196 valence electrons. The standard InChI is InChI=1S/C26H36N4O5S/c1-4-7-19-18-28(3)26(32)22-17-23(27-25(19)22)21-16-20(8-9-24(21)35-5-2)36(33,34)30-13-11-29(12-14-30)10-6-15-31/h8-9,16,18,31H,4-7,10-15,17H2,1-3H3. The first kappa shape index (κ1) is 26.5. The zero-order valence-electron chi connectivity index (χ0n) is 21.4. The van der Waals surface area contributed by atoms with E-state index in [1.807, 2.05) is 13.1 Å². The molecule has 1 N–H and O–H groups in total. The van der Waals surface area contributed by atoms with Crippen molar-refractivity contribution in [1.29, 1.82) is 0 Å². The van der Waals surface area contributed by atoms with E-state index in [0.29, 0.717) is 73.9 Å². The molecule has 2 aromatic rings. The van der Waals surface area contributed by atoms with Crippen LogP contribution >= 0.6 is 0 Å². The first-order valence-corrected chi connectivity index (χ1v) is 14.1. The molecule has 1 aromatic carbocycles. The van der Waals surface area contributed by atoms with Crippen LogP contribution in [0.5, 0.6) is 5.75 Å². The maximum absolute atomic E-state index is 13.5. The first-order chi connectivity index (χ1) is 17.3. The third-order valence-corrected chi connectivity index (χ3v) is 8.69. The van der Waals surface area contributed by atoms with Gasteiger partial charge in [0.1, 0.15) is 5.75 Å². The molecule has 3 heterocycles. The summed E-state index contributed by atoms with van der Waals surface area (Å²) in [7, 11) is -1.96. The van der Waals surface area contributed by atoms with E-state index >= 15 is 0 Å². The van der Waals surface area contributed by atoms with Crippen LogP contribution in [0.4, 0.5) is 5.69 Å². The lowest BCUT2D eigenvalue weighted by Gasteiger charge is -2.34. The number of aliphatic imine (C=N–C) groups is 1. The Morgan fingerprint density at radius 3 is 2.56 bits per heavy atom. The second-order valence-corrected chi connectivity index (χ2v) is 11.2. The van der Waals surface area contributed by atoms with Crippen LogP contribution in [0.1, 0.15) is 43.4 Å². The van der Waals surface area contributed by atoms with Crippen LogP contribution in [0.2, 0.25) is 0 Å². The van der Waals surface area contributed by atoms with Crippen LogP contribution in [-0.4, -0.2) is 78.9 Å². The lowest BCUT2D eigenvalue weighted by molar-refractivity contribution is 0.171. The van der Waals surface area contributed by atoms with Crippen LogP contribution in [0.15, 0.2) is 39.1 Å². The van der Waals surface area contributed by atoms with Crippen molar-refractivity contribution in [2.45, 2.75) is 44.4 Å². The fourth-order valence-electron chi connectivity index (χ4n) is 4.92. The van der Waals surface area contributed by atoms with Crippen LogP contribution in [0.3, 0.4) is 0 Å². The SMILES string of the molecule is CCCc1cn(C)c(=O)c2c1N=C(c1cc(S(=O)(=O)N3CCN(CCCO)CC3)ccc1OCC)C2. The fraction of sp³-hybridized carbons (Fsp3) is 0.538. The lowest BCUT2D eigenvalue weighted by Crippen LogP contribution is -2.48. The van der Waals surface area contributed by atoms with Crippen LogP contribution in [0, 0.1) is 0 Å². The zero-order chi connectivity index (χ0) is 25.9. The van der Waals surface area contributed by atoms with E-state index in [0.717, 1.165) is 24.9 Å². The molecule has 36 heavy (non-hydrogen) atoms. The quantitative estimate of drug-likeness (QED) is 0.519. The van der Waals surface area contributed by atoms with Crippen LogP contribution in [0.25, 0.3) is 0 Å². The topological polar surface area (TPSA) is 104 Å². The van der Waals surface area contributed by atoms with Gasteiger partial charge in [-0.15, -0.1) is 0 Å². The maximum atomic E-state index is 13.5. The summed E-state index contributed by atoms with van der Waals surface area (Å²) < 4.78 is 36.0. The number of piperazine rings is 1. The summed E-state index contributed by atoms with van der Waals surface area (Å²) >= 11 is 0. The monoisotopic (exact) mass is 516 g/mol. The molecule has 1 aromatic heterocycles. The van der Waals surface area contributed by atoms with Gasteiger partial charge in [0, 0.05) is 70.1 Å². The summed E-state index contributed by atoms with van der Waals surface area (Å²) in [6.07, 6.45) is 4.61. The molecular weight excluding hydrogens is 480 g/mol. The van der Waals surface area contributed by atoms with Gasteiger partial charge in [-0.05, 0) is 43.5 Å². The molecule has 1 saturated heterocycles. The van der Waals surface area contributed by atoms with Crippen molar-refractivity contribution < 1.29 is 18.3 Å². The Kier molecular flexibility index (Phi) is 8.29. The second-order valence-electron chi connectivity index (χ2n) is 9.30. The summed E-state index contributed by atoms with van der Waals surface area (Å²) in [5, 5.41) is 9.06. The van der Waals surface area contributed by atoms with Crippen molar-refractivity contribution in [1.82, 2.24) is 13.8 Å². The molecule has 0 bridgehead atoms. The molecule has 9 nitrogen and oxygen atoms in total. The molecule has 0 aliphatic carbocycles. The molecule has 10 heteroatoms. The highest BCUT2D eigenvalue weighted by Gasteiger charge is 2.31. The Morgan fingerprint density at radius 2 is 1.89 bits per heavy atom. The smallest absolute Gasteiger partial charge is 0.256 e. The van der Waals surface area contributed by atoms with Crippen molar-refractivity contribution in [2.75, 3.05) is 45.9 Å². The largest absolute Gasteiger partial charge is 0.493 e. The molecular formula is C26H36N4O5S. The Bertz CT molecular complexity index is 1290. The summed E-state index contributed by atoms with van der Waals surface area (Å²) in [6, 6.07) is 4.93. The van der Waals surface area contributed by atoms with E-state index < -0.39 is 10.0 Å². The summed E-state index contributed by atoms with van der Waals surface area (Å²) in [6.45, 7) is 7.36. The predicted octanol–water partition coefficient (Wildman–Crippen LogP) is 2.10. The van der Waals surface area contributed by atoms with Gasteiger partial charge in [0.2, 0.25) is 10.0 Å². The molecule has 4 rings (SSSR count). The van der Waals surface area contributed by atoms with Gasteiger partial charge in [0.15, 0.2) is 0 Å². The van der Waals surface area contributed by atoms with Crippen molar-refractivity contribution in [3.05, 3.63) is 51.4 Å². The minimum Gasteiger partial charge on any atom is -0.493 e. The average molecular weight is 517 g/mol. The number of aliphatic hydroxyl groups is 1. The number of aliphatic hydroxyl groups excluding tert-OH is 1. The Balaban J connectivity index is 1.67. The number of nitrogens with zero attached hydrogens (tertiary/aromatic N) is 4. The zero-order valence-corrected chi connectivity index (χ0v) is 22.2. The number of benzene rings is 1. The minimum atomic E-state index is -3.71. The molecule has 2 aliphatic heterocycles. The first-order valence-electron chi connectivity index (χ1n) is 12.7. The van der Waals surface area contributed by atoms with E-state index in [9.17, 15) is 13.2 Å². The Labute approximate surface area is 213 Å². The van der Waals surface area contributed by atoms with Crippen LogP contribution < -0.4 is 10.3 Å². The van der Waals surface area contributed by atoms with Crippen LogP contribution in [-0.2, 0) is 29.9 Å². The predicted molar refractivity (Wildman–Crippen MR) is 140 cm³/mol. The number of ether oxygens (including phenoxy) is 1. The third-order valence-electron chi connectivity index (χ3n) is 6.79. The van der Waals surface area contributed by atoms with Gasteiger partial charge < -0.3 is 19.3 Å². The molecule has 0 amide bonds. The van der Waals surface area contributed by atoms with Crippen molar-refractivity contribution in [3.63, 3.8) is 0 Å². The second kappa shape index (κ2) is 11.2. The molecule has 0 atom stereocenters. The number of aromatic nitrogens is 1. The molecule has 2 aliphatic rings. The van der Waals surface area contributed by atoms with Crippen molar-refractivity contribution in [2.24, 2.45) is 12.0 Å². The van der Waals surface area contributed by atoms with Crippen molar-refractivity contribution in [3.8, 4) is 5.75 Å². The van der Waals surface area contributed by atoms with E-state index in [1.54, 1.807) is 29.8 Å². The fourth-order valence-corrected chi connectivity index (χ4v) is 6.37. The normalized spacial score (nSPS) is 16.7. The summed E-state index contributed by atoms with van der Waals surface area (Å²) in [4.78, 5) is 20.1. The van der Waals surface area contributed by atoms with E-state index in [4.69, 9.17) is 14.8 Å². The molecule has 0 unspecified atom stereocenters. The van der Waals surface area contributed by atoms with Gasteiger partial charge in [-0.3, -0.25) is 9.79 Å². The van der Waals surface area contributed by atoms with Gasteiger partial charge in [-0.2, -0.15) is 4.31 Å². The van der Waals surface area contributed by atoms with E-state index in [2.05, 4.69) is 11.8 Å². The average Bonchev–Trinajstić information content (AvgIpc) is 3.32. The number of rotatable bonds is 10. The van der Waals surface area contributed by atoms with Crippen molar-refractivity contribution >= 4 is 21.4 Å². The molecule has 0 spiro atoms. The Morgan fingerprint density at radius 1 is 1.14 bits per heavy atom. The number of aryl methyl sites for hydroxylation is 2. The van der Waals surface area contributed by atoms with Gasteiger partial charge in [-0.25, -0.2) is 8.42 Å². The van der Waals surface area contributed by atoms with E-state index in [1.165, 1.54) is 4.31 Å². The summed E-state index contributed by atoms with van der Waals surface area (Å²) in [5.41, 5.74) is 3.56. The molecule has 0 saturated carbocycles. The molecule has 0 radical (unpaired) electrons. The third kappa shape index (κ3) is 5.27. The minimum absolute atomic E-state index is 0.0793. The Hall–Kier alpha value is -2.53. The van der Waals surface area contributed by atoms with Gasteiger partial charge in [0.25, 0.3) is 5.56 Å². The van der Waals surface area contributed by atoms with Gasteiger partial charge >= 0.3 is 0 Å².